The smallest absolute Gasteiger partial charge is 0.0703 e. The lowest BCUT2D eigenvalue weighted by Gasteiger charge is -2.33. The van der Waals surface area contributed by atoms with Gasteiger partial charge in [0.2, 0.25) is 0 Å². The van der Waals surface area contributed by atoms with Crippen molar-refractivity contribution in [3.8, 4) is 0 Å². The maximum absolute atomic E-state index is 5.74. The molecule has 0 amide bonds. The van der Waals surface area contributed by atoms with Crippen LogP contribution in [0.15, 0.2) is 0 Å². The van der Waals surface area contributed by atoms with E-state index >= 15 is 0 Å². The second kappa shape index (κ2) is 5.03. The maximum Gasteiger partial charge on any atom is 0.0703 e. The molecular formula is C13H26N2O. The highest BCUT2D eigenvalue weighted by Gasteiger charge is 2.39. The van der Waals surface area contributed by atoms with Crippen LogP contribution in [0.4, 0.5) is 0 Å². The molecule has 0 aliphatic carbocycles. The van der Waals surface area contributed by atoms with E-state index in [9.17, 15) is 0 Å². The van der Waals surface area contributed by atoms with Crippen molar-refractivity contribution in [2.45, 2.75) is 51.2 Å². The van der Waals surface area contributed by atoms with Crippen molar-refractivity contribution < 1.29 is 4.74 Å². The highest BCUT2D eigenvalue weighted by Crippen LogP contribution is 2.34. The van der Waals surface area contributed by atoms with E-state index in [0.29, 0.717) is 11.6 Å². The van der Waals surface area contributed by atoms with Crippen LogP contribution >= 0.6 is 0 Å². The number of hydrogen-bond acceptors (Lipinski definition) is 3. The molecular weight excluding hydrogens is 200 g/mol. The predicted octanol–water partition coefficient (Wildman–Crippen LogP) is 1.61. The van der Waals surface area contributed by atoms with Crippen molar-refractivity contribution in [1.29, 1.82) is 0 Å². The lowest BCUT2D eigenvalue weighted by molar-refractivity contribution is 0.0508. The molecule has 2 N–H and O–H groups in total. The molecule has 2 aliphatic heterocycles. The van der Waals surface area contributed by atoms with Crippen LogP contribution in [0, 0.1) is 5.92 Å². The minimum atomic E-state index is 0.339. The van der Waals surface area contributed by atoms with Gasteiger partial charge in [0.05, 0.1) is 6.10 Å². The Labute approximate surface area is 99.3 Å². The van der Waals surface area contributed by atoms with E-state index in [1.807, 2.05) is 0 Å². The zero-order chi connectivity index (χ0) is 11.6. The lowest BCUT2D eigenvalue weighted by Crippen LogP contribution is -2.42. The van der Waals surface area contributed by atoms with E-state index < -0.39 is 0 Å². The molecule has 2 atom stereocenters. The highest BCUT2D eigenvalue weighted by atomic mass is 16.5. The number of likely N-dealkylation sites (tertiary alicyclic amines) is 1. The van der Waals surface area contributed by atoms with Gasteiger partial charge >= 0.3 is 0 Å². The molecule has 0 spiro atoms. The Morgan fingerprint density at radius 2 is 2.25 bits per heavy atom. The van der Waals surface area contributed by atoms with Gasteiger partial charge in [0.1, 0.15) is 0 Å². The van der Waals surface area contributed by atoms with Crippen LogP contribution in [0.3, 0.4) is 0 Å². The molecule has 16 heavy (non-hydrogen) atoms. The fourth-order valence-corrected chi connectivity index (χ4v) is 3.24. The Kier molecular flexibility index (Phi) is 3.88. The van der Waals surface area contributed by atoms with Gasteiger partial charge < -0.3 is 10.5 Å². The Morgan fingerprint density at radius 3 is 2.88 bits per heavy atom. The minimum absolute atomic E-state index is 0.339. The summed E-state index contributed by atoms with van der Waals surface area (Å²) in [5.74, 6) is 0.793. The molecule has 0 aromatic heterocycles. The summed E-state index contributed by atoms with van der Waals surface area (Å²) < 4.78 is 5.74. The molecule has 0 saturated carbocycles. The SMILES string of the molecule is CC1(C)CC(CCN)CN1CC1CCCO1. The molecule has 3 heteroatoms. The third-order valence-corrected chi connectivity index (χ3v) is 4.15. The summed E-state index contributed by atoms with van der Waals surface area (Å²) in [5.41, 5.74) is 6.00. The summed E-state index contributed by atoms with van der Waals surface area (Å²) in [7, 11) is 0. The summed E-state index contributed by atoms with van der Waals surface area (Å²) >= 11 is 0. The van der Waals surface area contributed by atoms with Gasteiger partial charge in [-0.25, -0.2) is 0 Å². The predicted molar refractivity (Wildman–Crippen MR) is 66.4 cm³/mol. The first kappa shape index (κ1) is 12.3. The van der Waals surface area contributed by atoms with Gasteiger partial charge in [-0.05, 0) is 52.0 Å². The third kappa shape index (κ3) is 2.76. The second-order valence-corrected chi connectivity index (χ2v) is 6.00. The van der Waals surface area contributed by atoms with Crippen molar-refractivity contribution in [2.75, 3.05) is 26.2 Å². The van der Waals surface area contributed by atoms with Crippen molar-refractivity contribution in [2.24, 2.45) is 11.7 Å². The Hall–Kier alpha value is -0.120. The van der Waals surface area contributed by atoms with Gasteiger partial charge in [0, 0.05) is 25.2 Å². The van der Waals surface area contributed by atoms with Gasteiger partial charge in [-0.3, -0.25) is 4.90 Å². The average molecular weight is 226 g/mol. The van der Waals surface area contributed by atoms with Crippen LogP contribution in [0.25, 0.3) is 0 Å². The minimum Gasteiger partial charge on any atom is -0.377 e. The molecule has 2 unspecified atom stereocenters. The summed E-state index contributed by atoms with van der Waals surface area (Å²) in [6, 6.07) is 0. The number of ether oxygens (including phenoxy) is 1. The molecule has 2 heterocycles. The molecule has 2 fully saturated rings. The first-order valence-corrected chi connectivity index (χ1v) is 6.68. The first-order chi connectivity index (χ1) is 7.62. The van der Waals surface area contributed by atoms with Gasteiger partial charge in [0.25, 0.3) is 0 Å². The molecule has 0 bridgehead atoms. The maximum atomic E-state index is 5.74. The highest BCUT2D eigenvalue weighted by molar-refractivity contribution is 4.94. The molecule has 2 saturated heterocycles. The Balaban J connectivity index is 1.87. The van der Waals surface area contributed by atoms with Gasteiger partial charge in [0.15, 0.2) is 0 Å². The first-order valence-electron chi connectivity index (χ1n) is 6.68. The standard InChI is InChI=1S/C13H26N2O/c1-13(2)8-11(5-6-14)9-15(13)10-12-4-3-7-16-12/h11-12H,3-10,14H2,1-2H3. The summed E-state index contributed by atoms with van der Waals surface area (Å²) in [5, 5.41) is 0. The lowest BCUT2D eigenvalue weighted by atomic mass is 9.94. The third-order valence-electron chi connectivity index (χ3n) is 4.15. The van der Waals surface area contributed by atoms with E-state index in [2.05, 4.69) is 18.7 Å². The molecule has 94 valence electrons. The fraction of sp³-hybridized carbons (Fsp3) is 1.00. The summed E-state index contributed by atoms with van der Waals surface area (Å²) in [4.78, 5) is 2.61. The Bertz CT molecular complexity index is 224. The summed E-state index contributed by atoms with van der Waals surface area (Å²) in [6.07, 6.45) is 5.43. The average Bonchev–Trinajstić information content (AvgIpc) is 2.77. The number of nitrogens with zero attached hydrogens (tertiary/aromatic N) is 1. The van der Waals surface area contributed by atoms with Crippen LogP contribution in [-0.4, -0.2) is 42.8 Å². The molecule has 0 aromatic rings. The quantitative estimate of drug-likeness (QED) is 0.791. The zero-order valence-corrected chi connectivity index (χ0v) is 10.7. The fourth-order valence-electron chi connectivity index (χ4n) is 3.24. The van der Waals surface area contributed by atoms with Gasteiger partial charge in [-0.15, -0.1) is 0 Å². The summed E-state index contributed by atoms with van der Waals surface area (Å²) in [6.45, 7) is 8.84. The van der Waals surface area contributed by atoms with E-state index in [1.54, 1.807) is 0 Å². The van der Waals surface area contributed by atoms with Crippen LogP contribution in [0.5, 0.6) is 0 Å². The van der Waals surface area contributed by atoms with Crippen LogP contribution in [0.1, 0.15) is 39.5 Å². The topological polar surface area (TPSA) is 38.5 Å². The zero-order valence-electron chi connectivity index (χ0n) is 10.7. The van der Waals surface area contributed by atoms with Gasteiger partial charge in [-0.2, -0.15) is 0 Å². The van der Waals surface area contributed by atoms with E-state index in [4.69, 9.17) is 10.5 Å². The number of rotatable bonds is 4. The number of hydrogen-bond donors (Lipinski definition) is 1. The van der Waals surface area contributed by atoms with Crippen LogP contribution in [-0.2, 0) is 4.74 Å². The largest absolute Gasteiger partial charge is 0.377 e. The van der Waals surface area contributed by atoms with E-state index in [-0.39, 0.29) is 0 Å². The normalized spacial score (nSPS) is 34.7. The number of nitrogens with two attached hydrogens (primary N) is 1. The van der Waals surface area contributed by atoms with Crippen molar-refractivity contribution >= 4 is 0 Å². The van der Waals surface area contributed by atoms with Gasteiger partial charge in [-0.1, -0.05) is 0 Å². The van der Waals surface area contributed by atoms with Crippen molar-refractivity contribution in [3.63, 3.8) is 0 Å². The molecule has 0 aromatic carbocycles. The monoisotopic (exact) mass is 226 g/mol. The Morgan fingerprint density at radius 1 is 1.44 bits per heavy atom. The van der Waals surface area contributed by atoms with E-state index in [1.165, 1.54) is 32.2 Å². The molecule has 3 nitrogen and oxygen atoms in total. The molecule has 0 radical (unpaired) electrons. The van der Waals surface area contributed by atoms with Crippen LogP contribution < -0.4 is 5.73 Å². The molecule has 2 aliphatic rings. The van der Waals surface area contributed by atoms with E-state index in [0.717, 1.165) is 25.6 Å². The molecule has 2 rings (SSSR count). The van der Waals surface area contributed by atoms with Crippen LogP contribution in [0.2, 0.25) is 0 Å². The van der Waals surface area contributed by atoms with Crippen molar-refractivity contribution in [1.82, 2.24) is 4.90 Å². The van der Waals surface area contributed by atoms with Crippen molar-refractivity contribution in [3.05, 3.63) is 0 Å². The second-order valence-electron chi connectivity index (χ2n) is 6.00.